The highest BCUT2D eigenvalue weighted by Gasteiger charge is 2.61. The number of allylic oxidation sites excluding steroid dienone is 4. The van der Waals surface area contributed by atoms with E-state index >= 15 is 0 Å². The molecule has 2 saturated carbocycles. The quantitative estimate of drug-likeness (QED) is 0.733. The Labute approximate surface area is 133 Å². The maximum absolute atomic E-state index is 12.4. The maximum atomic E-state index is 12.4. The SMILES string of the molecule is CC1=CC2=CC[C@@H]3[C@H]([C@H](O)C[C@]4(C)C(=O)CC[C@@H]34)[C@@]2(C)CC1. The van der Waals surface area contributed by atoms with Crippen LogP contribution < -0.4 is 0 Å². The molecule has 0 spiro atoms. The average Bonchev–Trinajstić information content (AvgIpc) is 2.75. The van der Waals surface area contributed by atoms with Crippen LogP contribution in [0.5, 0.6) is 0 Å². The fourth-order valence-corrected chi connectivity index (χ4v) is 6.37. The molecule has 0 amide bonds. The van der Waals surface area contributed by atoms with Crippen LogP contribution in [-0.4, -0.2) is 17.0 Å². The van der Waals surface area contributed by atoms with Gasteiger partial charge in [0.2, 0.25) is 0 Å². The fourth-order valence-electron chi connectivity index (χ4n) is 6.37. The number of carbonyl (C=O) groups is 1. The largest absolute Gasteiger partial charge is 0.393 e. The molecule has 2 heteroatoms. The molecular formula is C20H28O2. The summed E-state index contributed by atoms with van der Waals surface area (Å²) in [6, 6.07) is 0. The summed E-state index contributed by atoms with van der Waals surface area (Å²) >= 11 is 0. The zero-order valence-corrected chi connectivity index (χ0v) is 14.1. The summed E-state index contributed by atoms with van der Waals surface area (Å²) in [4.78, 5) is 12.4. The monoisotopic (exact) mass is 300 g/mol. The molecule has 4 aliphatic carbocycles. The molecule has 4 aliphatic rings. The number of fused-ring (bicyclic) bond motifs is 5. The Morgan fingerprint density at radius 1 is 1.23 bits per heavy atom. The van der Waals surface area contributed by atoms with E-state index in [4.69, 9.17) is 0 Å². The number of rotatable bonds is 0. The highest BCUT2D eigenvalue weighted by atomic mass is 16.3. The van der Waals surface area contributed by atoms with E-state index in [1.165, 1.54) is 11.1 Å². The molecule has 0 aliphatic heterocycles. The Hall–Kier alpha value is -0.890. The van der Waals surface area contributed by atoms with Crippen molar-refractivity contribution in [1.82, 2.24) is 0 Å². The molecule has 2 nitrogen and oxygen atoms in total. The lowest BCUT2D eigenvalue weighted by Crippen LogP contribution is -2.55. The van der Waals surface area contributed by atoms with Crippen molar-refractivity contribution < 1.29 is 9.90 Å². The van der Waals surface area contributed by atoms with E-state index in [9.17, 15) is 9.90 Å². The van der Waals surface area contributed by atoms with Crippen LogP contribution in [0.4, 0.5) is 0 Å². The molecule has 6 atom stereocenters. The van der Waals surface area contributed by atoms with Crippen molar-refractivity contribution in [2.75, 3.05) is 0 Å². The molecule has 1 N–H and O–H groups in total. The third-order valence-electron chi connectivity index (χ3n) is 7.61. The number of hydrogen-bond acceptors (Lipinski definition) is 2. The number of aliphatic hydroxyl groups is 1. The summed E-state index contributed by atoms with van der Waals surface area (Å²) in [5.41, 5.74) is 2.76. The standard InChI is InChI=1S/C20H28O2/c1-12-8-9-19(2)13(10-12)4-5-14-15-6-7-17(22)20(15,3)11-16(21)18(14)19/h4,10,14-16,18,21H,5-9,11H2,1-3H3/t14-,15-,16+,18+,19-,20-/m0/s1. The van der Waals surface area contributed by atoms with Gasteiger partial charge in [-0.3, -0.25) is 4.79 Å². The van der Waals surface area contributed by atoms with Gasteiger partial charge in [-0.25, -0.2) is 0 Å². The molecule has 0 saturated heterocycles. The molecule has 0 aromatic carbocycles. The first-order valence-electron chi connectivity index (χ1n) is 8.95. The predicted octanol–water partition coefficient (Wildman–Crippen LogP) is 4.05. The number of aliphatic hydroxyl groups excluding tert-OH is 1. The Kier molecular flexibility index (Phi) is 3.05. The molecule has 0 heterocycles. The van der Waals surface area contributed by atoms with E-state index in [1.807, 2.05) is 0 Å². The van der Waals surface area contributed by atoms with E-state index in [1.54, 1.807) is 0 Å². The summed E-state index contributed by atoms with van der Waals surface area (Å²) in [5.74, 6) is 1.70. The van der Waals surface area contributed by atoms with Crippen molar-refractivity contribution in [2.24, 2.45) is 28.6 Å². The molecule has 0 radical (unpaired) electrons. The predicted molar refractivity (Wildman–Crippen MR) is 87.2 cm³/mol. The molecule has 0 aromatic rings. The number of ketones is 1. The van der Waals surface area contributed by atoms with Crippen molar-refractivity contribution in [3.8, 4) is 0 Å². The van der Waals surface area contributed by atoms with E-state index in [0.29, 0.717) is 30.0 Å². The topological polar surface area (TPSA) is 37.3 Å². The summed E-state index contributed by atoms with van der Waals surface area (Å²) < 4.78 is 0. The molecule has 22 heavy (non-hydrogen) atoms. The first kappa shape index (κ1) is 14.7. The van der Waals surface area contributed by atoms with Gasteiger partial charge in [0.15, 0.2) is 0 Å². The van der Waals surface area contributed by atoms with Gasteiger partial charge in [-0.1, -0.05) is 31.6 Å². The summed E-state index contributed by atoms with van der Waals surface area (Å²) in [6.07, 6.45) is 10.2. The lowest BCUT2D eigenvalue weighted by atomic mass is 9.47. The first-order valence-corrected chi connectivity index (χ1v) is 8.95. The fraction of sp³-hybridized carbons (Fsp3) is 0.750. The number of hydrogen-bond donors (Lipinski definition) is 1. The smallest absolute Gasteiger partial charge is 0.139 e. The minimum atomic E-state index is -0.325. The highest BCUT2D eigenvalue weighted by Crippen LogP contribution is 2.63. The van der Waals surface area contributed by atoms with Crippen molar-refractivity contribution >= 4 is 5.78 Å². The molecule has 4 rings (SSSR count). The van der Waals surface area contributed by atoms with Crippen LogP contribution in [0.25, 0.3) is 0 Å². The van der Waals surface area contributed by atoms with Crippen molar-refractivity contribution in [3.05, 3.63) is 23.3 Å². The van der Waals surface area contributed by atoms with Crippen molar-refractivity contribution in [2.45, 2.75) is 65.4 Å². The van der Waals surface area contributed by atoms with Crippen LogP contribution in [0.3, 0.4) is 0 Å². The molecule has 0 unspecified atom stereocenters. The van der Waals surface area contributed by atoms with Crippen molar-refractivity contribution in [3.63, 3.8) is 0 Å². The molecule has 0 aromatic heterocycles. The van der Waals surface area contributed by atoms with Crippen LogP contribution in [-0.2, 0) is 4.79 Å². The van der Waals surface area contributed by atoms with Gasteiger partial charge in [0, 0.05) is 11.8 Å². The van der Waals surface area contributed by atoms with Crippen molar-refractivity contribution in [1.29, 1.82) is 0 Å². The third-order valence-corrected chi connectivity index (χ3v) is 7.61. The molecule has 0 bridgehead atoms. The van der Waals surface area contributed by atoms with Gasteiger partial charge in [-0.2, -0.15) is 0 Å². The maximum Gasteiger partial charge on any atom is 0.139 e. The van der Waals surface area contributed by atoms with Crippen LogP contribution in [0.1, 0.15) is 59.3 Å². The molecule has 2 fully saturated rings. The highest BCUT2D eigenvalue weighted by molar-refractivity contribution is 5.87. The van der Waals surface area contributed by atoms with E-state index < -0.39 is 0 Å². The van der Waals surface area contributed by atoms with Gasteiger partial charge in [0.25, 0.3) is 0 Å². The second kappa shape index (κ2) is 4.56. The minimum Gasteiger partial charge on any atom is -0.393 e. The van der Waals surface area contributed by atoms with Gasteiger partial charge >= 0.3 is 0 Å². The van der Waals surface area contributed by atoms with E-state index in [-0.39, 0.29) is 16.9 Å². The summed E-state index contributed by atoms with van der Waals surface area (Å²) in [7, 11) is 0. The minimum absolute atomic E-state index is 0.106. The molecular weight excluding hydrogens is 272 g/mol. The number of carbonyl (C=O) groups excluding carboxylic acids is 1. The van der Waals surface area contributed by atoms with Crippen LogP contribution in [0.15, 0.2) is 23.3 Å². The van der Waals surface area contributed by atoms with Gasteiger partial charge in [0.05, 0.1) is 6.10 Å². The Morgan fingerprint density at radius 2 is 2.00 bits per heavy atom. The zero-order valence-electron chi connectivity index (χ0n) is 14.1. The second-order valence-electron chi connectivity index (χ2n) is 8.75. The lowest BCUT2D eigenvalue weighted by Gasteiger charge is -2.57. The summed E-state index contributed by atoms with van der Waals surface area (Å²) in [6.45, 7) is 6.71. The Bertz CT molecular complexity index is 587. The van der Waals surface area contributed by atoms with Gasteiger partial charge in [-0.15, -0.1) is 0 Å². The van der Waals surface area contributed by atoms with Crippen LogP contribution in [0, 0.1) is 28.6 Å². The van der Waals surface area contributed by atoms with Crippen LogP contribution in [0.2, 0.25) is 0 Å². The second-order valence-corrected chi connectivity index (χ2v) is 8.75. The summed E-state index contributed by atoms with van der Waals surface area (Å²) in [5, 5.41) is 11.0. The molecule has 120 valence electrons. The normalized spacial score (nSPS) is 50.6. The van der Waals surface area contributed by atoms with E-state index in [2.05, 4.69) is 32.9 Å². The Balaban J connectivity index is 1.78. The lowest BCUT2D eigenvalue weighted by molar-refractivity contribution is -0.143. The average molecular weight is 300 g/mol. The van der Waals surface area contributed by atoms with Gasteiger partial charge in [0.1, 0.15) is 5.78 Å². The van der Waals surface area contributed by atoms with Gasteiger partial charge in [-0.05, 0) is 67.8 Å². The number of Topliss-reactive ketones (excluding diaryl/α,β-unsaturated/α-hetero) is 1. The van der Waals surface area contributed by atoms with E-state index in [0.717, 1.165) is 32.1 Å². The Morgan fingerprint density at radius 3 is 2.77 bits per heavy atom. The van der Waals surface area contributed by atoms with Crippen LogP contribution >= 0.6 is 0 Å². The van der Waals surface area contributed by atoms with Gasteiger partial charge < -0.3 is 5.11 Å². The third kappa shape index (κ3) is 1.73. The first-order chi connectivity index (χ1) is 10.4. The zero-order chi connectivity index (χ0) is 15.7.